The van der Waals surface area contributed by atoms with E-state index in [1.54, 1.807) is 0 Å². The third-order valence-corrected chi connectivity index (χ3v) is 2.92. The van der Waals surface area contributed by atoms with Gasteiger partial charge in [0, 0.05) is 0 Å². The molecular weight excluding hydrogens is 235 g/mol. The first-order valence-electron chi connectivity index (χ1n) is 5.83. The molecule has 92 valence electrons. The van der Waals surface area contributed by atoms with Crippen LogP contribution in [0.2, 0.25) is 0 Å². The van der Waals surface area contributed by atoms with E-state index in [1.807, 2.05) is 6.07 Å². The minimum Gasteiger partial charge on any atom is -0.376 e. The van der Waals surface area contributed by atoms with Crippen LogP contribution in [0.15, 0.2) is 12.1 Å². The van der Waals surface area contributed by atoms with E-state index in [2.05, 4.69) is 10.3 Å². The highest BCUT2D eigenvalue weighted by Gasteiger charge is 2.22. The van der Waals surface area contributed by atoms with E-state index < -0.39 is 5.82 Å². The van der Waals surface area contributed by atoms with Gasteiger partial charge in [-0.15, -0.1) is 5.10 Å². The van der Waals surface area contributed by atoms with Gasteiger partial charge in [0.25, 0.3) is 0 Å². The molecule has 1 aliphatic carbocycles. The average molecular weight is 246 g/mol. The number of benzene rings is 1. The van der Waals surface area contributed by atoms with Gasteiger partial charge >= 0.3 is 0 Å². The largest absolute Gasteiger partial charge is 0.376 e. The number of halogens is 1. The molecule has 0 unspecified atom stereocenters. The van der Waals surface area contributed by atoms with Gasteiger partial charge in [0.05, 0.1) is 19.3 Å². The fourth-order valence-corrected chi connectivity index (χ4v) is 1.85. The molecule has 1 fully saturated rings. The molecule has 1 aromatic heterocycles. The highest BCUT2D eigenvalue weighted by Crippen LogP contribution is 2.23. The van der Waals surface area contributed by atoms with Gasteiger partial charge < -0.3 is 4.74 Å². The Bertz CT molecular complexity index is 627. The maximum Gasteiger partial charge on any atom is 0.143 e. The summed E-state index contributed by atoms with van der Waals surface area (Å²) in [7, 11) is 0. The molecule has 0 amide bonds. The zero-order valence-electron chi connectivity index (χ0n) is 9.64. The van der Waals surface area contributed by atoms with E-state index in [-0.39, 0.29) is 5.56 Å². The Morgan fingerprint density at radius 1 is 1.50 bits per heavy atom. The number of rotatable bonds is 4. The van der Waals surface area contributed by atoms with Crippen LogP contribution in [0.3, 0.4) is 0 Å². The Kier molecular flexibility index (Phi) is 2.68. The van der Waals surface area contributed by atoms with Crippen molar-refractivity contribution in [2.45, 2.75) is 25.5 Å². The molecule has 6 heteroatoms. The molecule has 0 N–H and O–H groups in total. The molecule has 0 atom stereocenters. The molecule has 3 rings (SSSR count). The number of hydrogen-bond acceptors (Lipinski definition) is 4. The molecular formula is C12H11FN4O. The second-order valence-corrected chi connectivity index (χ2v) is 4.28. The molecule has 0 aliphatic heterocycles. The first kappa shape index (κ1) is 11.1. The maximum atomic E-state index is 13.5. The third kappa shape index (κ3) is 1.93. The summed E-state index contributed by atoms with van der Waals surface area (Å²) in [5.74, 6) is -0.545. The minimum atomic E-state index is -0.545. The van der Waals surface area contributed by atoms with Crippen LogP contribution in [0.5, 0.6) is 0 Å². The van der Waals surface area contributed by atoms with Gasteiger partial charge in [0.15, 0.2) is 0 Å². The number of hydrogen-bond donors (Lipinski definition) is 0. The summed E-state index contributed by atoms with van der Waals surface area (Å²) >= 11 is 0. The second-order valence-electron chi connectivity index (χ2n) is 4.28. The summed E-state index contributed by atoms with van der Waals surface area (Å²) in [6, 6.07) is 4.62. The van der Waals surface area contributed by atoms with Crippen molar-refractivity contribution in [1.29, 1.82) is 5.26 Å². The van der Waals surface area contributed by atoms with E-state index in [4.69, 9.17) is 10.00 Å². The highest BCUT2D eigenvalue weighted by molar-refractivity contribution is 5.81. The highest BCUT2D eigenvalue weighted by atomic mass is 19.1. The van der Waals surface area contributed by atoms with Crippen molar-refractivity contribution in [1.82, 2.24) is 15.0 Å². The minimum absolute atomic E-state index is 0.0103. The van der Waals surface area contributed by atoms with Crippen LogP contribution < -0.4 is 0 Å². The summed E-state index contributed by atoms with van der Waals surface area (Å²) in [6.07, 6.45) is 2.58. The second kappa shape index (κ2) is 4.35. The maximum absolute atomic E-state index is 13.5. The first-order chi connectivity index (χ1) is 8.79. The van der Waals surface area contributed by atoms with Crippen LogP contribution in [-0.2, 0) is 11.3 Å². The van der Waals surface area contributed by atoms with E-state index in [0.717, 1.165) is 12.8 Å². The van der Waals surface area contributed by atoms with Crippen molar-refractivity contribution < 1.29 is 9.13 Å². The van der Waals surface area contributed by atoms with Crippen molar-refractivity contribution in [3.05, 3.63) is 23.5 Å². The van der Waals surface area contributed by atoms with Gasteiger partial charge in [-0.25, -0.2) is 9.07 Å². The summed E-state index contributed by atoms with van der Waals surface area (Å²) in [4.78, 5) is 0. The molecule has 0 saturated heterocycles. The molecule has 1 heterocycles. The SMILES string of the molecule is N#Cc1c(F)ccc2nnn(CCOC3CC3)c12. The van der Waals surface area contributed by atoms with Crippen molar-refractivity contribution >= 4 is 11.0 Å². The summed E-state index contributed by atoms with van der Waals surface area (Å²) in [5, 5.41) is 16.8. The number of nitriles is 1. The van der Waals surface area contributed by atoms with Crippen molar-refractivity contribution in [3.63, 3.8) is 0 Å². The van der Waals surface area contributed by atoms with Crippen molar-refractivity contribution in [3.8, 4) is 6.07 Å². The van der Waals surface area contributed by atoms with Crippen LogP contribution in [0.1, 0.15) is 18.4 Å². The molecule has 18 heavy (non-hydrogen) atoms. The Labute approximate surface area is 103 Å². The van der Waals surface area contributed by atoms with Crippen LogP contribution >= 0.6 is 0 Å². The first-order valence-corrected chi connectivity index (χ1v) is 5.83. The lowest BCUT2D eigenvalue weighted by atomic mass is 10.2. The van der Waals surface area contributed by atoms with Crippen LogP contribution in [0, 0.1) is 17.1 Å². The lowest BCUT2D eigenvalue weighted by Gasteiger charge is -2.04. The standard InChI is InChI=1S/C12H11FN4O/c13-10-3-4-11-12(9(10)7-14)17(16-15-11)5-6-18-8-1-2-8/h3-4,8H,1-2,5-6H2. The molecule has 5 nitrogen and oxygen atoms in total. The van der Waals surface area contributed by atoms with Crippen LogP contribution in [-0.4, -0.2) is 27.7 Å². The Morgan fingerprint density at radius 3 is 3.06 bits per heavy atom. The number of fused-ring (bicyclic) bond motifs is 1. The zero-order valence-corrected chi connectivity index (χ0v) is 9.64. The van der Waals surface area contributed by atoms with Crippen LogP contribution in [0.4, 0.5) is 4.39 Å². The quantitative estimate of drug-likeness (QED) is 0.822. The zero-order chi connectivity index (χ0) is 12.5. The van der Waals surface area contributed by atoms with Gasteiger partial charge in [0.2, 0.25) is 0 Å². The number of aromatic nitrogens is 3. The lowest BCUT2D eigenvalue weighted by Crippen LogP contribution is -2.09. The predicted octanol–water partition coefficient (Wildman–Crippen LogP) is 1.62. The fourth-order valence-electron chi connectivity index (χ4n) is 1.85. The lowest BCUT2D eigenvalue weighted by molar-refractivity contribution is 0.110. The molecule has 0 radical (unpaired) electrons. The summed E-state index contributed by atoms with van der Waals surface area (Å²) < 4.78 is 20.6. The summed E-state index contributed by atoms with van der Waals surface area (Å²) in [6.45, 7) is 0.982. The molecule has 1 saturated carbocycles. The fraction of sp³-hybridized carbons (Fsp3) is 0.417. The van der Waals surface area contributed by atoms with E-state index in [0.29, 0.717) is 30.3 Å². The Hall–Kier alpha value is -2.00. The molecule has 1 aliphatic rings. The summed E-state index contributed by atoms with van der Waals surface area (Å²) in [5.41, 5.74) is 0.959. The molecule has 2 aromatic rings. The molecule has 0 bridgehead atoms. The average Bonchev–Trinajstić information content (AvgIpc) is 3.10. The van der Waals surface area contributed by atoms with Gasteiger partial charge in [-0.1, -0.05) is 5.21 Å². The predicted molar refractivity (Wildman–Crippen MR) is 61.2 cm³/mol. The van der Waals surface area contributed by atoms with Crippen LogP contribution in [0.25, 0.3) is 11.0 Å². The normalized spacial score (nSPS) is 14.9. The monoisotopic (exact) mass is 246 g/mol. The van der Waals surface area contributed by atoms with Crippen molar-refractivity contribution in [2.24, 2.45) is 0 Å². The molecule has 0 spiro atoms. The number of nitrogens with zero attached hydrogens (tertiary/aromatic N) is 4. The van der Waals surface area contributed by atoms with E-state index >= 15 is 0 Å². The van der Waals surface area contributed by atoms with Gasteiger partial charge in [-0.05, 0) is 25.0 Å². The van der Waals surface area contributed by atoms with Crippen molar-refractivity contribution in [2.75, 3.05) is 6.61 Å². The topological polar surface area (TPSA) is 63.7 Å². The van der Waals surface area contributed by atoms with Gasteiger partial charge in [-0.3, -0.25) is 0 Å². The Morgan fingerprint density at radius 2 is 2.33 bits per heavy atom. The van der Waals surface area contributed by atoms with E-state index in [1.165, 1.54) is 16.8 Å². The molecule has 1 aromatic carbocycles. The van der Waals surface area contributed by atoms with E-state index in [9.17, 15) is 4.39 Å². The van der Waals surface area contributed by atoms with Gasteiger partial charge in [0.1, 0.15) is 28.5 Å². The third-order valence-electron chi connectivity index (χ3n) is 2.92. The van der Waals surface area contributed by atoms with Gasteiger partial charge in [-0.2, -0.15) is 5.26 Å². The number of ether oxygens (including phenoxy) is 1. The smallest absolute Gasteiger partial charge is 0.143 e. The Balaban J connectivity index is 1.91.